The molecule has 0 saturated carbocycles. The molecular formula is C21H32O2Si2. The highest BCUT2D eigenvalue weighted by atomic mass is 28.4. The van der Waals surface area contributed by atoms with Gasteiger partial charge in [0.15, 0.2) is 8.32 Å². The smallest absolute Gasteiger partial charge is 0.283 e. The van der Waals surface area contributed by atoms with Gasteiger partial charge in [-0.05, 0) is 42.4 Å². The van der Waals surface area contributed by atoms with Gasteiger partial charge in [0, 0.05) is 0 Å². The first kappa shape index (κ1) is 20.1. The van der Waals surface area contributed by atoms with Crippen molar-refractivity contribution in [1.82, 2.24) is 0 Å². The van der Waals surface area contributed by atoms with E-state index in [9.17, 15) is 4.80 Å². The SMILES string of the molecule is CCC(CC)(O[Si](C)(C)CC)[Si](O)(c1ccccc1)c1ccccc1. The van der Waals surface area contributed by atoms with Crippen LogP contribution in [0.1, 0.15) is 33.6 Å². The largest absolute Gasteiger partial charge is 0.422 e. The lowest BCUT2D eigenvalue weighted by Gasteiger charge is -2.48. The molecule has 2 aromatic carbocycles. The summed E-state index contributed by atoms with van der Waals surface area (Å²) in [7, 11) is -4.95. The van der Waals surface area contributed by atoms with E-state index in [2.05, 4.69) is 58.1 Å². The van der Waals surface area contributed by atoms with Crippen molar-refractivity contribution in [3.8, 4) is 0 Å². The third-order valence-electron chi connectivity index (χ3n) is 5.51. The van der Waals surface area contributed by atoms with E-state index in [-0.39, 0.29) is 0 Å². The first-order valence-electron chi connectivity index (χ1n) is 9.39. The highest BCUT2D eigenvalue weighted by Crippen LogP contribution is 2.34. The van der Waals surface area contributed by atoms with Crippen LogP contribution >= 0.6 is 0 Å². The van der Waals surface area contributed by atoms with E-state index in [1.807, 2.05) is 36.4 Å². The van der Waals surface area contributed by atoms with Gasteiger partial charge < -0.3 is 9.22 Å². The molecule has 0 unspecified atom stereocenters. The fourth-order valence-corrected chi connectivity index (χ4v) is 10.3. The minimum atomic E-state index is -3.09. The average molecular weight is 373 g/mol. The van der Waals surface area contributed by atoms with Crippen LogP contribution in [0, 0.1) is 0 Å². The number of rotatable bonds is 8. The van der Waals surface area contributed by atoms with Gasteiger partial charge in [-0.3, -0.25) is 0 Å². The number of benzene rings is 2. The highest BCUT2D eigenvalue weighted by Gasteiger charge is 2.56. The second kappa shape index (κ2) is 8.00. The maximum Gasteiger partial charge on any atom is 0.283 e. The molecule has 0 radical (unpaired) electrons. The Balaban J connectivity index is 2.72. The first-order chi connectivity index (χ1) is 11.8. The lowest BCUT2D eigenvalue weighted by atomic mass is 10.2. The third kappa shape index (κ3) is 3.82. The van der Waals surface area contributed by atoms with Gasteiger partial charge in [-0.2, -0.15) is 0 Å². The van der Waals surface area contributed by atoms with Crippen LogP contribution in [-0.4, -0.2) is 26.7 Å². The van der Waals surface area contributed by atoms with E-state index in [4.69, 9.17) is 4.43 Å². The van der Waals surface area contributed by atoms with Crippen molar-refractivity contribution in [3.63, 3.8) is 0 Å². The quantitative estimate of drug-likeness (QED) is 0.708. The number of hydrogen-bond donors (Lipinski definition) is 1. The molecule has 0 aromatic heterocycles. The Morgan fingerprint density at radius 3 is 1.52 bits per heavy atom. The van der Waals surface area contributed by atoms with Crippen LogP contribution in [0.3, 0.4) is 0 Å². The summed E-state index contributed by atoms with van der Waals surface area (Å²) in [4.78, 5) is 12.4. The molecule has 0 bridgehead atoms. The number of hydrogen-bond acceptors (Lipinski definition) is 2. The van der Waals surface area contributed by atoms with Crippen LogP contribution in [0.15, 0.2) is 60.7 Å². The summed E-state index contributed by atoms with van der Waals surface area (Å²) < 4.78 is 6.90. The molecule has 1 N–H and O–H groups in total. The summed E-state index contributed by atoms with van der Waals surface area (Å²) in [6.45, 7) is 11.0. The monoisotopic (exact) mass is 372 g/mol. The maximum atomic E-state index is 12.4. The van der Waals surface area contributed by atoms with Gasteiger partial charge in [0.2, 0.25) is 0 Å². The van der Waals surface area contributed by atoms with E-state index in [0.29, 0.717) is 0 Å². The van der Waals surface area contributed by atoms with Crippen molar-refractivity contribution in [2.45, 2.75) is 58.0 Å². The van der Waals surface area contributed by atoms with E-state index in [1.165, 1.54) is 0 Å². The predicted octanol–water partition coefficient (Wildman–Crippen LogP) is 4.08. The Hall–Kier alpha value is -1.21. The molecule has 0 atom stereocenters. The minimum absolute atomic E-state index is 0.512. The fraction of sp³-hybridized carbons (Fsp3) is 0.429. The zero-order valence-electron chi connectivity index (χ0n) is 16.3. The zero-order chi connectivity index (χ0) is 18.6. The molecule has 0 fully saturated rings. The molecule has 2 rings (SSSR count). The second-order valence-corrected chi connectivity index (χ2v) is 15.3. The van der Waals surface area contributed by atoms with Crippen LogP contribution in [0.5, 0.6) is 0 Å². The lowest BCUT2D eigenvalue weighted by molar-refractivity contribution is 0.111. The molecule has 0 aliphatic carbocycles. The van der Waals surface area contributed by atoms with Crippen LogP contribution in [-0.2, 0) is 4.43 Å². The van der Waals surface area contributed by atoms with Gasteiger partial charge in [0.25, 0.3) is 8.32 Å². The topological polar surface area (TPSA) is 29.5 Å². The van der Waals surface area contributed by atoms with E-state index < -0.39 is 21.9 Å². The second-order valence-electron chi connectivity index (χ2n) is 7.36. The summed E-state index contributed by atoms with van der Waals surface area (Å²) in [6, 6.07) is 21.4. The standard InChI is InChI=1S/C21H32O2Si2/c1-6-21(7-2,23-24(4,5)8-3)25(22,19-15-11-9-12-16-19)20-17-13-10-14-18-20/h9-18,22H,6-8H2,1-5H3. The Morgan fingerprint density at radius 1 is 0.800 bits per heavy atom. The minimum Gasteiger partial charge on any atom is -0.422 e. The maximum absolute atomic E-state index is 12.4. The zero-order valence-corrected chi connectivity index (χ0v) is 18.3. The third-order valence-corrected chi connectivity index (χ3v) is 12.8. The molecule has 4 heteroatoms. The van der Waals surface area contributed by atoms with Crippen molar-refractivity contribution in [2.24, 2.45) is 0 Å². The highest BCUT2D eigenvalue weighted by molar-refractivity contribution is 6.99. The molecular weight excluding hydrogens is 340 g/mol. The van der Waals surface area contributed by atoms with Crippen molar-refractivity contribution < 1.29 is 9.22 Å². The van der Waals surface area contributed by atoms with Crippen LogP contribution in [0.4, 0.5) is 0 Å². The average Bonchev–Trinajstić information content (AvgIpc) is 2.67. The summed E-state index contributed by atoms with van der Waals surface area (Å²) in [6.07, 6.45) is 1.62. The molecule has 2 nitrogen and oxygen atoms in total. The van der Waals surface area contributed by atoms with E-state index >= 15 is 0 Å². The Labute approximate surface area is 155 Å². The molecule has 0 spiro atoms. The Bertz CT molecular complexity index is 613. The van der Waals surface area contributed by atoms with Gasteiger partial charge in [0.1, 0.15) is 0 Å². The first-order valence-corrected chi connectivity index (χ1v) is 14.4. The fourth-order valence-electron chi connectivity index (χ4n) is 3.63. The normalized spacial score (nSPS) is 13.0. The van der Waals surface area contributed by atoms with Gasteiger partial charge in [0.05, 0.1) is 5.22 Å². The van der Waals surface area contributed by atoms with Gasteiger partial charge >= 0.3 is 0 Å². The summed E-state index contributed by atoms with van der Waals surface area (Å²) in [5.74, 6) is 0. The van der Waals surface area contributed by atoms with Gasteiger partial charge in [-0.25, -0.2) is 0 Å². The summed E-state index contributed by atoms with van der Waals surface area (Å²) >= 11 is 0. The van der Waals surface area contributed by atoms with Gasteiger partial charge in [-0.1, -0.05) is 81.4 Å². The van der Waals surface area contributed by atoms with Crippen LogP contribution in [0.2, 0.25) is 19.1 Å². The van der Waals surface area contributed by atoms with E-state index in [1.54, 1.807) is 0 Å². The van der Waals surface area contributed by atoms with Crippen molar-refractivity contribution >= 4 is 27.0 Å². The van der Waals surface area contributed by atoms with E-state index in [0.717, 1.165) is 29.3 Å². The molecule has 0 aliphatic rings. The van der Waals surface area contributed by atoms with Gasteiger partial charge in [-0.15, -0.1) is 0 Å². The summed E-state index contributed by atoms with van der Waals surface area (Å²) in [5, 5.41) is 1.55. The lowest BCUT2D eigenvalue weighted by Crippen LogP contribution is -2.75. The Morgan fingerprint density at radius 2 is 1.20 bits per heavy atom. The predicted molar refractivity (Wildman–Crippen MR) is 112 cm³/mol. The van der Waals surface area contributed by atoms with Crippen LogP contribution < -0.4 is 10.4 Å². The molecule has 136 valence electrons. The molecule has 25 heavy (non-hydrogen) atoms. The molecule has 0 saturated heterocycles. The summed E-state index contributed by atoms with van der Waals surface area (Å²) in [5.41, 5.74) is 0. The Kier molecular flexibility index (Phi) is 6.43. The molecule has 0 heterocycles. The van der Waals surface area contributed by atoms with Crippen molar-refractivity contribution in [3.05, 3.63) is 60.7 Å². The molecule has 0 amide bonds. The van der Waals surface area contributed by atoms with Crippen molar-refractivity contribution in [1.29, 1.82) is 0 Å². The van der Waals surface area contributed by atoms with Crippen LogP contribution in [0.25, 0.3) is 0 Å². The van der Waals surface area contributed by atoms with Crippen molar-refractivity contribution in [2.75, 3.05) is 0 Å². The molecule has 2 aromatic rings. The molecule has 0 aliphatic heterocycles.